The van der Waals surface area contributed by atoms with Crippen molar-refractivity contribution in [3.05, 3.63) is 53.6 Å². The number of rotatable bonds is 6. The van der Waals surface area contributed by atoms with E-state index in [1.54, 1.807) is 13.0 Å². The lowest BCUT2D eigenvalue weighted by molar-refractivity contribution is -0.0607. The van der Waals surface area contributed by atoms with Gasteiger partial charge in [0.1, 0.15) is 17.5 Å². The molecule has 1 fully saturated rings. The Morgan fingerprint density at radius 2 is 2.04 bits per heavy atom. The lowest BCUT2D eigenvalue weighted by atomic mass is 9.80. The largest absolute Gasteiger partial charge is 0.487 e. The second-order valence-electron chi connectivity index (χ2n) is 6.83. The number of ether oxygens (including phenoxy) is 1. The maximum Gasteiger partial charge on any atom is 0.302 e. The summed E-state index contributed by atoms with van der Waals surface area (Å²) in [5.74, 6) is 6.54. The van der Waals surface area contributed by atoms with Crippen molar-refractivity contribution in [2.24, 2.45) is 0 Å². The average Bonchev–Trinajstić information content (AvgIpc) is 2.69. The lowest BCUT2D eigenvalue weighted by Gasteiger charge is -2.41. The molecule has 0 amide bonds. The van der Waals surface area contributed by atoms with Gasteiger partial charge in [-0.2, -0.15) is 4.21 Å². The minimum Gasteiger partial charge on any atom is -0.487 e. The highest BCUT2D eigenvalue weighted by molar-refractivity contribution is 7.74. The molecule has 0 bridgehead atoms. The Labute approximate surface area is 173 Å². The molecule has 2 aromatic carbocycles. The van der Waals surface area contributed by atoms with Gasteiger partial charge in [-0.15, -0.1) is 11.8 Å². The summed E-state index contributed by atoms with van der Waals surface area (Å²) in [5, 5.41) is 0.616. The van der Waals surface area contributed by atoms with E-state index in [0.717, 1.165) is 30.4 Å². The van der Waals surface area contributed by atoms with E-state index in [4.69, 9.17) is 20.5 Å². The molecule has 0 saturated heterocycles. The molecule has 0 heterocycles. The van der Waals surface area contributed by atoms with E-state index in [0.29, 0.717) is 23.6 Å². The fraction of sp³-hybridized carbons (Fsp3) is 0.364. The molecule has 0 spiro atoms. The van der Waals surface area contributed by atoms with Crippen molar-refractivity contribution in [2.75, 3.05) is 0 Å². The first-order chi connectivity index (χ1) is 13.5. The van der Waals surface area contributed by atoms with E-state index in [2.05, 4.69) is 11.8 Å². The molecule has 0 aromatic heterocycles. The molecule has 6 heteroatoms. The normalized spacial score (nSPS) is 22.8. The predicted octanol–water partition coefficient (Wildman–Crippen LogP) is 5.63. The van der Waals surface area contributed by atoms with Crippen molar-refractivity contribution < 1.29 is 17.7 Å². The maximum absolute atomic E-state index is 11.5. The Bertz CT molecular complexity index is 890. The molecule has 3 atom stereocenters. The molecule has 2 aromatic rings. The molecule has 148 valence electrons. The first-order valence-electron chi connectivity index (χ1n) is 9.26. The zero-order chi connectivity index (χ0) is 20.0. The summed E-state index contributed by atoms with van der Waals surface area (Å²) in [6, 6.07) is 15.3. The average molecular weight is 419 g/mol. The number of benzene rings is 2. The Hall–Kier alpha value is -1.84. The van der Waals surface area contributed by atoms with Crippen molar-refractivity contribution in [3.8, 4) is 28.7 Å². The predicted molar refractivity (Wildman–Crippen MR) is 112 cm³/mol. The third-order valence-corrected chi connectivity index (χ3v) is 5.71. The van der Waals surface area contributed by atoms with E-state index < -0.39 is 17.0 Å². The van der Waals surface area contributed by atoms with Gasteiger partial charge in [0.15, 0.2) is 0 Å². The van der Waals surface area contributed by atoms with E-state index in [1.807, 2.05) is 42.5 Å². The summed E-state index contributed by atoms with van der Waals surface area (Å²) in [6.07, 6.45) is 3.15. The quantitative estimate of drug-likeness (QED) is 0.487. The fourth-order valence-electron chi connectivity index (χ4n) is 3.65. The van der Waals surface area contributed by atoms with Crippen LogP contribution in [0.4, 0.5) is 0 Å². The smallest absolute Gasteiger partial charge is 0.302 e. The topological polar surface area (TPSA) is 55.8 Å². The molecule has 3 rings (SSSR count). The monoisotopic (exact) mass is 418 g/mol. The molecule has 1 saturated carbocycles. The van der Waals surface area contributed by atoms with Gasteiger partial charge < -0.3 is 4.74 Å². The molecule has 3 unspecified atom stereocenters. The van der Waals surface area contributed by atoms with Crippen LogP contribution in [-0.2, 0) is 15.5 Å². The Morgan fingerprint density at radius 1 is 1.25 bits per heavy atom. The molecule has 4 nitrogen and oxygen atoms in total. The van der Waals surface area contributed by atoms with Gasteiger partial charge in [0.05, 0.1) is 0 Å². The van der Waals surface area contributed by atoms with E-state index in [9.17, 15) is 8.76 Å². The van der Waals surface area contributed by atoms with Gasteiger partial charge in [0, 0.05) is 17.0 Å². The second-order valence-corrected chi connectivity index (χ2v) is 7.86. The van der Waals surface area contributed by atoms with Crippen molar-refractivity contribution >= 4 is 23.0 Å². The first kappa shape index (κ1) is 20.9. The summed E-state index contributed by atoms with van der Waals surface area (Å²) < 4.78 is 32.9. The van der Waals surface area contributed by atoms with Crippen LogP contribution in [0.5, 0.6) is 5.75 Å². The van der Waals surface area contributed by atoms with Crippen molar-refractivity contribution in [2.45, 2.75) is 50.7 Å². The minimum atomic E-state index is -2.40. The highest BCUT2D eigenvalue weighted by Crippen LogP contribution is 2.40. The molecule has 1 aliphatic rings. The van der Waals surface area contributed by atoms with Crippen LogP contribution in [0.3, 0.4) is 0 Å². The van der Waals surface area contributed by atoms with Crippen LogP contribution in [0.1, 0.15) is 39.0 Å². The van der Waals surface area contributed by atoms with E-state index >= 15 is 0 Å². The van der Waals surface area contributed by atoms with Crippen LogP contribution < -0.4 is 4.74 Å². The highest BCUT2D eigenvalue weighted by Gasteiger charge is 2.45. The number of halogens is 1. The van der Waals surface area contributed by atoms with E-state index in [-0.39, 0.29) is 6.10 Å². The van der Waals surface area contributed by atoms with E-state index in [1.165, 1.54) is 0 Å². The minimum absolute atomic E-state index is 0.342. The molecular weight excluding hydrogens is 396 g/mol. The van der Waals surface area contributed by atoms with Gasteiger partial charge in [-0.1, -0.05) is 48.4 Å². The van der Waals surface area contributed by atoms with Gasteiger partial charge in [-0.05, 0) is 49.9 Å². The Morgan fingerprint density at radius 3 is 2.75 bits per heavy atom. The fourth-order valence-corrected chi connectivity index (χ4v) is 4.36. The van der Waals surface area contributed by atoms with Gasteiger partial charge in [0.2, 0.25) is 0 Å². The molecular formula is C22H23ClO4S. The summed E-state index contributed by atoms with van der Waals surface area (Å²) in [4.78, 5) is 0. The zero-order valence-corrected chi connectivity index (χ0v) is 17.3. The zero-order valence-electron chi connectivity index (χ0n) is 15.7. The van der Waals surface area contributed by atoms with Crippen LogP contribution in [0.15, 0.2) is 48.5 Å². The summed E-state index contributed by atoms with van der Waals surface area (Å²) in [7, 11) is 0. The SMILES string of the molecule is CC#CCC1(OS(=O)O)CCCCC1Oc1ccc(Cl)cc1-c1ccccc1. The van der Waals surface area contributed by atoms with Crippen LogP contribution >= 0.6 is 11.6 Å². The second kappa shape index (κ2) is 9.58. The van der Waals surface area contributed by atoms with Crippen LogP contribution in [-0.4, -0.2) is 20.5 Å². The standard InChI is InChI=1S/C22H23ClO4S/c1-2-3-14-22(27-28(24)25)15-8-7-11-21(22)26-20-13-12-18(23)16-19(20)17-9-5-4-6-10-17/h4-6,9-10,12-13,16,21H,7-8,11,14-15H2,1H3,(H,24,25). The van der Waals surface area contributed by atoms with Crippen molar-refractivity contribution in [1.29, 1.82) is 0 Å². The Balaban J connectivity index is 1.98. The molecule has 1 aliphatic carbocycles. The number of hydrogen-bond acceptors (Lipinski definition) is 3. The highest BCUT2D eigenvalue weighted by atomic mass is 35.5. The van der Waals surface area contributed by atoms with Gasteiger partial charge in [0.25, 0.3) is 0 Å². The summed E-state index contributed by atoms with van der Waals surface area (Å²) in [6.45, 7) is 1.75. The summed E-state index contributed by atoms with van der Waals surface area (Å²) >= 11 is 3.83. The van der Waals surface area contributed by atoms with Crippen LogP contribution in [0, 0.1) is 11.8 Å². The third kappa shape index (κ3) is 4.95. The third-order valence-electron chi connectivity index (χ3n) is 5.00. The molecule has 0 aliphatic heterocycles. The van der Waals surface area contributed by atoms with Gasteiger partial charge in [-0.25, -0.2) is 0 Å². The summed E-state index contributed by atoms with van der Waals surface area (Å²) in [5.41, 5.74) is 0.940. The van der Waals surface area contributed by atoms with Crippen LogP contribution in [0.25, 0.3) is 11.1 Å². The van der Waals surface area contributed by atoms with Gasteiger partial charge in [-0.3, -0.25) is 8.74 Å². The lowest BCUT2D eigenvalue weighted by Crippen LogP contribution is -2.50. The van der Waals surface area contributed by atoms with Gasteiger partial charge >= 0.3 is 11.4 Å². The van der Waals surface area contributed by atoms with Crippen molar-refractivity contribution in [1.82, 2.24) is 0 Å². The number of hydrogen-bond donors (Lipinski definition) is 1. The van der Waals surface area contributed by atoms with Crippen LogP contribution in [0.2, 0.25) is 5.02 Å². The van der Waals surface area contributed by atoms with Crippen molar-refractivity contribution in [3.63, 3.8) is 0 Å². The Kier molecular flexibility index (Phi) is 7.14. The first-order valence-corrected chi connectivity index (χ1v) is 10.7. The molecule has 1 N–H and O–H groups in total. The molecule has 28 heavy (non-hydrogen) atoms. The molecule has 0 radical (unpaired) electrons. The maximum atomic E-state index is 11.5.